The van der Waals surface area contributed by atoms with Crippen molar-refractivity contribution in [2.45, 2.75) is 23.9 Å². The van der Waals surface area contributed by atoms with Crippen LogP contribution in [0, 0.1) is 0 Å². The Labute approximate surface area is 145 Å². The van der Waals surface area contributed by atoms with Crippen LogP contribution in [0.5, 0.6) is 0 Å². The molecule has 4 N–H and O–H groups in total. The summed E-state index contributed by atoms with van der Waals surface area (Å²) < 4.78 is 26.9. The molecule has 0 fully saturated rings. The lowest BCUT2D eigenvalue weighted by molar-refractivity contribution is -0.138. The molecule has 2 aromatic carbocycles. The van der Waals surface area contributed by atoms with E-state index in [0.29, 0.717) is 5.02 Å². The molecule has 2 rings (SSSR count). The minimum absolute atomic E-state index is 0.0963. The Morgan fingerprint density at radius 3 is 2.38 bits per heavy atom. The fourth-order valence-electron chi connectivity index (χ4n) is 2.03. The fraction of sp³-hybridized carbons (Fsp3) is 0.188. The number of aliphatic carboxylic acids is 1. The third-order valence-corrected chi connectivity index (χ3v) is 5.00. The average Bonchev–Trinajstić information content (AvgIpc) is 2.54. The summed E-state index contributed by atoms with van der Waals surface area (Å²) in [6, 6.07) is 12.0. The van der Waals surface area contributed by atoms with Crippen molar-refractivity contribution in [1.29, 1.82) is 0 Å². The van der Waals surface area contributed by atoms with E-state index in [-0.39, 0.29) is 17.9 Å². The topological polar surface area (TPSA) is 109 Å². The first-order valence-corrected chi connectivity index (χ1v) is 8.95. The number of sulfonamides is 1. The molecule has 0 heterocycles. The maximum absolute atomic E-state index is 12.2. The van der Waals surface area contributed by atoms with Gasteiger partial charge in [-0.25, -0.2) is 13.1 Å². The van der Waals surface area contributed by atoms with Gasteiger partial charge in [-0.15, -0.1) is 0 Å². The molecular formula is C16H17ClN2O4S. The number of benzene rings is 2. The molecule has 8 heteroatoms. The minimum atomic E-state index is -3.65. The lowest BCUT2D eigenvalue weighted by Crippen LogP contribution is -2.32. The largest absolute Gasteiger partial charge is 0.480 e. The molecule has 0 amide bonds. The molecule has 0 bridgehead atoms. The van der Waals surface area contributed by atoms with Gasteiger partial charge >= 0.3 is 5.97 Å². The summed E-state index contributed by atoms with van der Waals surface area (Å²) in [5, 5.41) is 9.13. The van der Waals surface area contributed by atoms with Crippen LogP contribution in [0.2, 0.25) is 5.02 Å². The zero-order valence-corrected chi connectivity index (χ0v) is 14.2. The van der Waals surface area contributed by atoms with E-state index in [9.17, 15) is 13.2 Å². The Balaban J connectivity index is 2.00. The molecule has 0 aliphatic carbocycles. The highest BCUT2D eigenvalue weighted by molar-refractivity contribution is 7.89. The molecule has 24 heavy (non-hydrogen) atoms. The molecule has 0 aliphatic rings. The number of hydrogen-bond acceptors (Lipinski definition) is 4. The van der Waals surface area contributed by atoms with Gasteiger partial charge in [0.25, 0.3) is 0 Å². The Kier molecular flexibility index (Phi) is 5.95. The van der Waals surface area contributed by atoms with E-state index in [1.54, 1.807) is 36.4 Å². The van der Waals surface area contributed by atoms with Crippen molar-refractivity contribution in [2.24, 2.45) is 5.73 Å². The lowest BCUT2D eigenvalue weighted by Gasteiger charge is -2.09. The zero-order chi connectivity index (χ0) is 17.7. The van der Waals surface area contributed by atoms with E-state index in [0.717, 1.165) is 11.1 Å². The number of nitrogens with one attached hydrogen (secondary N) is 1. The van der Waals surface area contributed by atoms with Crippen LogP contribution in [0.1, 0.15) is 11.1 Å². The Bertz CT molecular complexity index is 822. The third-order valence-electron chi connectivity index (χ3n) is 3.37. The van der Waals surface area contributed by atoms with Gasteiger partial charge in [0.2, 0.25) is 10.0 Å². The molecule has 128 valence electrons. The van der Waals surface area contributed by atoms with Crippen LogP contribution in [-0.4, -0.2) is 25.5 Å². The second-order valence-corrected chi connectivity index (χ2v) is 7.45. The van der Waals surface area contributed by atoms with Gasteiger partial charge in [-0.1, -0.05) is 41.9 Å². The number of carboxylic acid groups (broad SMARTS) is 1. The summed E-state index contributed by atoms with van der Waals surface area (Å²) in [6.45, 7) is 0.111. The van der Waals surface area contributed by atoms with Crippen LogP contribution in [-0.2, 0) is 27.8 Å². The predicted octanol–water partition coefficient (Wildman–Crippen LogP) is 1.77. The highest BCUT2D eigenvalue weighted by Gasteiger charge is 2.14. The summed E-state index contributed by atoms with van der Waals surface area (Å²) in [5.41, 5.74) is 6.99. The number of halogens is 1. The van der Waals surface area contributed by atoms with Crippen LogP contribution in [0.25, 0.3) is 0 Å². The summed E-state index contributed by atoms with van der Waals surface area (Å²) in [4.78, 5) is 10.8. The van der Waals surface area contributed by atoms with Crippen LogP contribution >= 0.6 is 11.6 Å². The van der Waals surface area contributed by atoms with Crippen LogP contribution in [0.3, 0.4) is 0 Å². The lowest BCUT2D eigenvalue weighted by atomic mass is 10.0. The van der Waals surface area contributed by atoms with Crippen molar-refractivity contribution in [3.05, 3.63) is 64.7 Å². The molecule has 0 saturated carbocycles. The highest BCUT2D eigenvalue weighted by Crippen LogP contribution is 2.16. The van der Waals surface area contributed by atoms with Crippen molar-refractivity contribution >= 4 is 27.6 Å². The van der Waals surface area contributed by atoms with Gasteiger partial charge in [0.15, 0.2) is 0 Å². The van der Waals surface area contributed by atoms with Gasteiger partial charge < -0.3 is 10.8 Å². The highest BCUT2D eigenvalue weighted by atomic mass is 35.5. The minimum Gasteiger partial charge on any atom is -0.480 e. The SMILES string of the molecule is N[C@@H](Cc1ccc(CNS(=O)(=O)c2cccc(Cl)c2)cc1)C(=O)O. The maximum Gasteiger partial charge on any atom is 0.320 e. The van der Waals surface area contributed by atoms with Crippen LogP contribution < -0.4 is 10.5 Å². The van der Waals surface area contributed by atoms with Crippen molar-refractivity contribution < 1.29 is 18.3 Å². The van der Waals surface area contributed by atoms with Gasteiger partial charge in [0.1, 0.15) is 6.04 Å². The van der Waals surface area contributed by atoms with Gasteiger partial charge in [-0.2, -0.15) is 0 Å². The standard InChI is InChI=1S/C16H17ClN2O4S/c17-13-2-1-3-14(9-13)24(22,23)19-10-12-6-4-11(5-7-12)8-15(18)16(20)21/h1-7,9,15,19H,8,10,18H2,(H,20,21)/t15-/m0/s1. The fourth-order valence-corrected chi connectivity index (χ4v) is 3.35. The number of carboxylic acids is 1. The Morgan fingerprint density at radius 1 is 1.17 bits per heavy atom. The van der Waals surface area contributed by atoms with Crippen LogP contribution in [0.4, 0.5) is 0 Å². The summed E-state index contributed by atoms with van der Waals surface area (Å²) in [7, 11) is -3.65. The number of hydrogen-bond donors (Lipinski definition) is 3. The van der Waals surface area contributed by atoms with E-state index < -0.39 is 22.0 Å². The van der Waals surface area contributed by atoms with Gasteiger partial charge in [-0.05, 0) is 35.7 Å². The second kappa shape index (κ2) is 7.76. The zero-order valence-electron chi connectivity index (χ0n) is 12.6. The van der Waals surface area contributed by atoms with E-state index in [2.05, 4.69) is 4.72 Å². The van der Waals surface area contributed by atoms with Crippen molar-refractivity contribution in [3.8, 4) is 0 Å². The molecule has 1 atom stereocenters. The molecule has 0 spiro atoms. The van der Waals surface area contributed by atoms with E-state index in [1.807, 2.05) is 0 Å². The molecule has 0 radical (unpaired) electrons. The Hall–Kier alpha value is -1.93. The molecule has 6 nitrogen and oxygen atoms in total. The van der Waals surface area contributed by atoms with Crippen LogP contribution in [0.15, 0.2) is 53.4 Å². The quantitative estimate of drug-likeness (QED) is 0.690. The number of rotatable bonds is 7. The smallest absolute Gasteiger partial charge is 0.320 e. The molecule has 2 aromatic rings. The van der Waals surface area contributed by atoms with Crippen molar-refractivity contribution in [1.82, 2.24) is 4.72 Å². The Morgan fingerprint density at radius 2 is 1.79 bits per heavy atom. The van der Waals surface area contributed by atoms with Gasteiger partial charge in [0.05, 0.1) is 4.90 Å². The van der Waals surface area contributed by atoms with E-state index >= 15 is 0 Å². The number of nitrogens with two attached hydrogens (primary N) is 1. The first-order chi connectivity index (χ1) is 11.3. The normalized spacial score (nSPS) is 12.8. The van der Waals surface area contributed by atoms with E-state index in [1.165, 1.54) is 12.1 Å². The van der Waals surface area contributed by atoms with E-state index in [4.69, 9.17) is 22.4 Å². The average molecular weight is 369 g/mol. The first-order valence-electron chi connectivity index (χ1n) is 7.09. The molecule has 0 saturated heterocycles. The third kappa shape index (κ3) is 5.04. The summed E-state index contributed by atoms with van der Waals surface area (Å²) >= 11 is 5.80. The monoisotopic (exact) mass is 368 g/mol. The summed E-state index contributed by atoms with van der Waals surface area (Å²) in [6.07, 6.45) is 0.212. The van der Waals surface area contributed by atoms with Crippen molar-refractivity contribution in [2.75, 3.05) is 0 Å². The summed E-state index contributed by atoms with van der Waals surface area (Å²) in [5.74, 6) is -1.06. The molecule has 0 unspecified atom stereocenters. The predicted molar refractivity (Wildman–Crippen MR) is 91.2 cm³/mol. The van der Waals surface area contributed by atoms with Gasteiger partial charge in [-0.3, -0.25) is 4.79 Å². The van der Waals surface area contributed by atoms with Gasteiger partial charge in [0, 0.05) is 11.6 Å². The molecular weight excluding hydrogens is 352 g/mol. The number of carbonyl (C=O) groups is 1. The molecule has 0 aliphatic heterocycles. The van der Waals surface area contributed by atoms with Crippen molar-refractivity contribution in [3.63, 3.8) is 0 Å². The molecule has 0 aromatic heterocycles. The maximum atomic E-state index is 12.2. The first kappa shape index (κ1) is 18.4. The second-order valence-electron chi connectivity index (χ2n) is 5.25.